The maximum atomic E-state index is 15.6. The van der Waals surface area contributed by atoms with E-state index in [4.69, 9.17) is 18.9 Å². The molecule has 3 unspecified atom stereocenters. The molecule has 66 heavy (non-hydrogen) atoms. The highest BCUT2D eigenvalue weighted by atomic mass is 32.2. The number of hydrogen-bond acceptors (Lipinski definition) is 12. The number of allylic oxidation sites excluding steroid dienone is 1. The number of carbonyl (C=O) groups is 3. The van der Waals surface area contributed by atoms with Crippen LogP contribution in [0, 0.1) is 33.9 Å². The molecule has 2 saturated heterocycles. The van der Waals surface area contributed by atoms with Crippen LogP contribution in [-0.4, -0.2) is 136 Å². The van der Waals surface area contributed by atoms with Crippen molar-refractivity contribution in [3.8, 4) is 0 Å². The molecule has 14 heteroatoms. The van der Waals surface area contributed by atoms with E-state index >= 15 is 4.79 Å². The Morgan fingerprint density at radius 2 is 1.79 bits per heavy atom. The van der Waals surface area contributed by atoms with Crippen molar-refractivity contribution in [3.63, 3.8) is 0 Å². The van der Waals surface area contributed by atoms with Crippen molar-refractivity contribution in [2.24, 2.45) is 28.1 Å². The Hall–Kier alpha value is -4.47. The maximum absolute atomic E-state index is 15.6. The Balaban J connectivity index is 1.19. The summed E-state index contributed by atoms with van der Waals surface area (Å²) in [6, 6.07) is 12.2. The van der Waals surface area contributed by atoms with Crippen LogP contribution in [0.25, 0.3) is 5.57 Å². The molecule has 6 aliphatic heterocycles. The summed E-state index contributed by atoms with van der Waals surface area (Å²) in [5.74, 6) is -2.02. The summed E-state index contributed by atoms with van der Waals surface area (Å²) in [5, 5.41) is 13.4. The van der Waals surface area contributed by atoms with Gasteiger partial charge in [-0.25, -0.2) is 9.18 Å². The number of halogens is 1. The van der Waals surface area contributed by atoms with Crippen molar-refractivity contribution in [3.05, 3.63) is 112 Å². The number of benzene rings is 2. The van der Waals surface area contributed by atoms with Crippen LogP contribution in [0.3, 0.4) is 0 Å². The van der Waals surface area contributed by atoms with Crippen molar-refractivity contribution in [2.45, 2.75) is 87.0 Å². The smallest absolute Gasteiger partial charge is 0.344 e. The van der Waals surface area contributed by atoms with E-state index in [9.17, 15) is 19.1 Å². The Morgan fingerprint density at radius 3 is 2.50 bits per heavy atom. The molecular formula is C52H61BFN3O8S. The van der Waals surface area contributed by atoms with Crippen LogP contribution in [-0.2, 0) is 39.1 Å². The van der Waals surface area contributed by atoms with Crippen molar-refractivity contribution in [1.29, 1.82) is 0 Å². The molecule has 2 bridgehead atoms. The molecule has 0 radical (unpaired) electrons. The summed E-state index contributed by atoms with van der Waals surface area (Å²) < 4.78 is 39.2. The van der Waals surface area contributed by atoms with E-state index in [0.717, 1.165) is 57.7 Å². The first-order chi connectivity index (χ1) is 31.7. The second-order valence-electron chi connectivity index (χ2n) is 19.8. The normalized spacial score (nSPS) is 36.0. The van der Waals surface area contributed by atoms with Gasteiger partial charge in [0.05, 0.1) is 31.8 Å². The predicted molar refractivity (Wildman–Crippen MR) is 252 cm³/mol. The third-order valence-corrected chi connectivity index (χ3v) is 18.0. The van der Waals surface area contributed by atoms with Crippen LogP contribution >= 0.6 is 11.8 Å². The summed E-state index contributed by atoms with van der Waals surface area (Å²) in [6.45, 7) is 9.17. The Kier molecular flexibility index (Phi) is 11.4. The Labute approximate surface area is 392 Å². The number of esters is 3. The summed E-state index contributed by atoms with van der Waals surface area (Å²) in [5.41, 5.74) is 2.85. The minimum atomic E-state index is -2.28. The number of likely N-dealkylation sites (N-methyl/N-ethyl adjacent to an activating group) is 1. The highest BCUT2D eigenvalue weighted by Crippen LogP contribution is 2.70. The van der Waals surface area contributed by atoms with Crippen molar-refractivity contribution in [2.75, 3.05) is 61.1 Å². The van der Waals surface area contributed by atoms with E-state index in [1.54, 1.807) is 24.9 Å². The molecule has 11 atom stereocenters. The summed E-state index contributed by atoms with van der Waals surface area (Å²) >= 11 is 1.60. The molecule has 1 saturated carbocycles. The summed E-state index contributed by atoms with van der Waals surface area (Å²) in [4.78, 5) is 51.1. The van der Waals surface area contributed by atoms with Crippen LogP contribution in [0.5, 0.6) is 0 Å². The molecule has 2 aromatic carbocycles. The third-order valence-electron chi connectivity index (χ3n) is 16.9. The van der Waals surface area contributed by atoms with Gasteiger partial charge in [0.15, 0.2) is 13.4 Å². The van der Waals surface area contributed by atoms with Gasteiger partial charge in [0.25, 0.3) is 0 Å². The molecular weight excluding hydrogens is 856 g/mol. The van der Waals surface area contributed by atoms with Crippen LogP contribution in [0.1, 0.15) is 57.6 Å². The topological polar surface area (TPSA) is 118 Å². The molecule has 0 amide bonds. The van der Waals surface area contributed by atoms with E-state index in [1.165, 1.54) is 32.8 Å². The number of fused-ring (bicyclic) bond motifs is 5. The Morgan fingerprint density at radius 1 is 1.00 bits per heavy atom. The third kappa shape index (κ3) is 6.33. The zero-order valence-corrected chi connectivity index (χ0v) is 39.9. The number of rotatable bonds is 10. The van der Waals surface area contributed by atoms with Crippen molar-refractivity contribution >= 4 is 48.0 Å². The first-order valence-corrected chi connectivity index (χ1v) is 24.6. The second-order valence-corrected chi connectivity index (χ2v) is 20.9. The summed E-state index contributed by atoms with van der Waals surface area (Å²) in [7, 11) is 6.90. The fraction of sp³-hybridized carbons (Fsp3) is 0.519. The lowest BCUT2D eigenvalue weighted by Gasteiger charge is -2.63. The monoisotopic (exact) mass is 917 g/mol. The lowest BCUT2D eigenvalue weighted by molar-refractivity contribution is -0.243. The van der Waals surface area contributed by atoms with Crippen LogP contribution in [0.4, 0.5) is 4.39 Å². The van der Waals surface area contributed by atoms with Gasteiger partial charge in [-0.2, -0.15) is 0 Å². The zero-order chi connectivity index (χ0) is 46.5. The van der Waals surface area contributed by atoms with Gasteiger partial charge in [-0.05, 0) is 84.7 Å². The highest BCUT2D eigenvalue weighted by Gasteiger charge is 2.81. The van der Waals surface area contributed by atoms with E-state index < -0.39 is 58.0 Å². The SMILES string of the molecule is CCC1=C[C@H]2CN(C1)CC1=C(Bc3ccc(SCc4ccccc4F)cc31)[C@@](C(=O)OC)(C1C=C3C(=CC1OC)N(C)[C@H]1[C@@](O)(C(=O)OC)[C@H](OC(C)=O)[C@]4(CC)C=CCN5CC[C@]31[C@@H]54)C2. The largest absolute Gasteiger partial charge is 0.468 e. The lowest BCUT2D eigenvalue weighted by atomic mass is 9.46. The molecule has 6 heterocycles. The molecule has 11 nitrogen and oxygen atoms in total. The number of hydrogen-bond donors (Lipinski definition) is 1. The number of aliphatic hydroxyl groups is 1. The van der Waals surface area contributed by atoms with Gasteiger partial charge < -0.3 is 29.0 Å². The summed E-state index contributed by atoms with van der Waals surface area (Å²) in [6.07, 6.45) is 11.5. The van der Waals surface area contributed by atoms with Gasteiger partial charge in [0, 0.05) is 86.4 Å². The van der Waals surface area contributed by atoms with Crippen molar-refractivity contribution < 1.29 is 42.8 Å². The predicted octanol–water partition coefficient (Wildman–Crippen LogP) is 5.38. The van der Waals surface area contributed by atoms with Crippen LogP contribution in [0.15, 0.2) is 100 Å². The van der Waals surface area contributed by atoms with Gasteiger partial charge in [-0.15, -0.1) is 11.8 Å². The first-order valence-electron chi connectivity index (χ1n) is 23.6. The van der Waals surface area contributed by atoms with Gasteiger partial charge in [0.2, 0.25) is 5.60 Å². The van der Waals surface area contributed by atoms with Crippen molar-refractivity contribution in [1.82, 2.24) is 14.7 Å². The highest BCUT2D eigenvalue weighted by molar-refractivity contribution is 7.98. The quantitative estimate of drug-likeness (QED) is 0.109. The first kappa shape index (κ1) is 45.3. The molecule has 3 fully saturated rings. The average molecular weight is 918 g/mol. The minimum absolute atomic E-state index is 0.0395. The minimum Gasteiger partial charge on any atom is -0.468 e. The molecule has 348 valence electrons. The molecule has 1 spiro atoms. The van der Waals surface area contributed by atoms with Crippen LogP contribution < -0.4 is 5.46 Å². The molecule has 10 rings (SSSR count). The fourth-order valence-electron chi connectivity index (χ4n) is 14.5. The van der Waals surface area contributed by atoms with Gasteiger partial charge in [-0.1, -0.05) is 78.9 Å². The zero-order valence-electron chi connectivity index (χ0n) is 39.1. The van der Waals surface area contributed by atoms with E-state index in [-0.39, 0.29) is 23.7 Å². The number of methoxy groups -OCH3 is 3. The standard InChI is InChI=1S/C52H61BFN3O8S/c1-8-31-21-32-25-51(47(59)63-6,43-36(28-56(26-31)27-32)35-22-34(15-16-39(35)53-43)66-29-33-13-10-11-14-40(33)54)38-23-37-41(24-42(38)62-5)55(4)45-50(37)18-20-57-19-12-17-49(9-2,44(50)57)46(65-30(3)58)52(45,61)48(60)64-7/h10-17,21-24,32,38,42,44-46,53,61H,8-9,18-20,25-29H2,1-7H3/t32-,38?,42?,44+,45-,46-,49-,50-,51+,52+/m1/s1. The van der Waals surface area contributed by atoms with E-state index in [1.807, 2.05) is 31.0 Å². The molecule has 0 aromatic heterocycles. The number of thioether (sulfide) groups is 1. The molecule has 8 aliphatic rings. The Bertz CT molecular complexity index is 2540. The van der Waals surface area contributed by atoms with Crippen LogP contribution in [0.2, 0.25) is 0 Å². The number of nitrogens with zero attached hydrogens (tertiary/aromatic N) is 3. The van der Waals surface area contributed by atoms with E-state index in [0.29, 0.717) is 57.5 Å². The fourth-order valence-corrected chi connectivity index (χ4v) is 15.5. The molecule has 2 aromatic rings. The number of ether oxygens (including phenoxy) is 4. The number of likely N-dealkylation sites (tertiary alicyclic amines) is 1. The second kappa shape index (κ2) is 16.6. The lowest BCUT2D eigenvalue weighted by Crippen LogP contribution is -2.79. The maximum Gasteiger partial charge on any atom is 0.344 e. The van der Waals surface area contributed by atoms with Gasteiger partial charge >= 0.3 is 17.9 Å². The average Bonchev–Trinajstić information content (AvgIpc) is 3.97. The molecule has 2 aliphatic carbocycles. The number of carbonyl (C=O) groups excluding carboxylic acids is 3. The molecule has 1 N–H and O–H groups in total. The van der Waals surface area contributed by atoms with Gasteiger partial charge in [-0.3, -0.25) is 19.4 Å². The van der Waals surface area contributed by atoms with E-state index in [2.05, 4.69) is 65.3 Å². The van der Waals surface area contributed by atoms with Gasteiger partial charge in [0.1, 0.15) is 5.82 Å².